The predicted molar refractivity (Wildman–Crippen MR) is 73.2 cm³/mol. The second-order valence-corrected chi connectivity index (χ2v) is 5.71. The zero-order chi connectivity index (χ0) is 13.3. The first-order chi connectivity index (χ1) is 8.50. The summed E-state index contributed by atoms with van der Waals surface area (Å²) in [4.78, 5) is 18.3. The first-order valence-corrected chi connectivity index (χ1v) is 6.88. The van der Waals surface area contributed by atoms with Crippen LogP contribution >= 0.6 is 23.2 Å². The van der Waals surface area contributed by atoms with Gasteiger partial charge in [0.25, 0.3) is 5.91 Å². The standard InChI is InChI=1S/C13H16Cl2N2O/c1-8(2)11-4-3-5-17(11)13(18)9-6-10(14)12(15)16-7-9/h6-8,11H,3-5H2,1-2H3. The first kappa shape index (κ1) is 13.6. The van der Waals surface area contributed by atoms with Gasteiger partial charge >= 0.3 is 0 Å². The Morgan fingerprint density at radius 3 is 2.83 bits per heavy atom. The third-order valence-corrected chi connectivity index (χ3v) is 4.06. The second kappa shape index (κ2) is 5.45. The third-order valence-electron chi connectivity index (χ3n) is 3.37. The highest BCUT2D eigenvalue weighted by atomic mass is 35.5. The number of hydrogen-bond donors (Lipinski definition) is 0. The lowest BCUT2D eigenvalue weighted by molar-refractivity contribution is 0.0701. The summed E-state index contributed by atoms with van der Waals surface area (Å²) in [6, 6.07) is 1.90. The average molecular weight is 287 g/mol. The molecule has 1 amide bonds. The van der Waals surface area contributed by atoms with Gasteiger partial charge in [-0.1, -0.05) is 37.0 Å². The van der Waals surface area contributed by atoms with Crippen LogP contribution in [-0.2, 0) is 0 Å². The number of rotatable bonds is 2. The lowest BCUT2D eigenvalue weighted by Gasteiger charge is -2.27. The van der Waals surface area contributed by atoms with E-state index in [1.54, 1.807) is 6.07 Å². The third kappa shape index (κ3) is 2.62. The minimum absolute atomic E-state index is 0.00253. The fourth-order valence-electron chi connectivity index (χ4n) is 2.44. The van der Waals surface area contributed by atoms with Crippen LogP contribution in [0.2, 0.25) is 10.2 Å². The van der Waals surface area contributed by atoms with Crippen molar-refractivity contribution in [2.45, 2.75) is 32.7 Å². The molecule has 18 heavy (non-hydrogen) atoms. The van der Waals surface area contributed by atoms with E-state index in [0.29, 0.717) is 22.5 Å². The van der Waals surface area contributed by atoms with Crippen LogP contribution in [0, 0.1) is 5.92 Å². The van der Waals surface area contributed by atoms with Crippen molar-refractivity contribution in [3.63, 3.8) is 0 Å². The quantitative estimate of drug-likeness (QED) is 0.778. The summed E-state index contributed by atoms with van der Waals surface area (Å²) in [7, 11) is 0. The molecule has 3 nitrogen and oxygen atoms in total. The molecule has 0 bridgehead atoms. The molecule has 1 aliphatic heterocycles. The summed E-state index contributed by atoms with van der Waals surface area (Å²) in [5.74, 6) is 0.462. The van der Waals surface area contributed by atoms with E-state index in [2.05, 4.69) is 18.8 Å². The number of carbonyl (C=O) groups excluding carboxylic acids is 1. The Kier molecular flexibility index (Phi) is 4.13. The zero-order valence-corrected chi connectivity index (χ0v) is 12.0. The van der Waals surface area contributed by atoms with Crippen LogP contribution in [0.1, 0.15) is 37.0 Å². The number of pyridine rings is 1. The van der Waals surface area contributed by atoms with Crippen molar-refractivity contribution in [1.29, 1.82) is 0 Å². The fraction of sp³-hybridized carbons (Fsp3) is 0.538. The van der Waals surface area contributed by atoms with E-state index in [0.717, 1.165) is 19.4 Å². The van der Waals surface area contributed by atoms with Crippen LogP contribution < -0.4 is 0 Å². The first-order valence-electron chi connectivity index (χ1n) is 6.12. The highest BCUT2D eigenvalue weighted by Crippen LogP contribution is 2.27. The van der Waals surface area contributed by atoms with Gasteiger partial charge in [-0.3, -0.25) is 4.79 Å². The smallest absolute Gasteiger partial charge is 0.255 e. The predicted octanol–water partition coefficient (Wildman–Crippen LogP) is 3.65. The van der Waals surface area contributed by atoms with Gasteiger partial charge in [-0.15, -0.1) is 0 Å². The van der Waals surface area contributed by atoms with E-state index in [9.17, 15) is 4.79 Å². The van der Waals surface area contributed by atoms with Crippen molar-refractivity contribution in [3.8, 4) is 0 Å². The number of halogens is 2. The minimum Gasteiger partial charge on any atom is -0.335 e. The van der Waals surface area contributed by atoms with Crippen LogP contribution in [0.15, 0.2) is 12.3 Å². The molecule has 1 aromatic rings. The van der Waals surface area contributed by atoms with Gasteiger partial charge in [0.15, 0.2) is 0 Å². The molecule has 0 aromatic carbocycles. The molecule has 1 fully saturated rings. The Labute approximate surface area is 117 Å². The topological polar surface area (TPSA) is 33.2 Å². The molecule has 0 saturated carbocycles. The number of hydrogen-bond acceptors (Lipinski definition) is 2. The van der Waals surface area contributed by atoms with E-state index in [-0.39, 0.29) is 11.1 Å². The van der Waals surface area contributed by atoms with Gasteiger partial charge in [0, 0.05) is 18.8 Å². The molecule has 0 radical (unpaired) electrons. The molecule has 0 spiro atoms. The summed E-state index contributed by atoms with van der Waals surface area (Å²) in [5, 5.41) is 0.554. The summed E-state index contributed by atoms with van der Waals surface area (Å²) < 4.78 is 0. The van der Waals surface area contributed by atoms with Gasteiger partial charge in [0.1, 0.15) is 5.15 Å². The molecule has 1 atom stereocenters. The minimum atomic E-state index is -0.00253. The SMILES string of the molecule is CC(C)C1CCCN1C(=O)c1cnc(Cl)c(Cl)c1. The molecule has 2 heterocycles. The van der Waals surface area contributed by atoms with Crippen molar-refractivity contribution in [2.75, 3.05) is 6.54 Å². The Bertz CT molecular complexity index is 462. The lowest BCUT2D eigenvalue weighted by atomic mass is 10.0. The maximum absolute atomic E-state index is 12.4. The van der Waals surface area contributed by atoms with Crippen LogP contribution in [0.5, 0.6) is 0 Å². The number of aromatic nitrogens is 1. The maximum atomic E-state index is 12.4. The van der Waals surface area contributed by atoms with Gasteiger partial charge in [-0.2, -0.15) is 0 Å². The van der Waals surface area contributed by atoms with E-state index >= 15 is 0 Å². The highest BCUT2D eigenvalue weighted by Gasteiger charge is 2.31. The van der Waals surface area contributed by atoms with Crippen molar-refractivity contribution in [1.82, 2.24) is 9.88 Å². The molecule has 5 heteroatoms. The summed E-state index contributed by atoms with van der Waals surface area (Å²) in [5.41, 5.74) is 0.511. The maximum Gasteiger partial charge on any atom is 0.255 e. The fourth-order valence-corrected chi connectivity index (χ4v) is 2.71. The molecule has 1 saturated heterocycles. The van der Waals surface area contributed by atoms with E-state index in [1.807, 2.05) is 4.90 Å². The normalized spacial score (nSPS) is 19.6. The highest BCUT2D eigenvalue weighted by molar-refractivity contribution is 6.41. The largest absolute Gasteiger partial charge is 0.335 e. The summed E-state index contributed by atoms with van der Waals surface area (Å²) in [6.45, 7) is 5.09. The zero-order valence-electron chi connectivity index (χ0n) is 10.5. The Morgan fingerprint density at radius 2 is 2.22 bits per heavy atom. The molecule has 0 aliphatic carbocycles. The Hall–Kier alpha value is -0.800. The van der Waals surface area contributed by atoms with Gasteiger partial charge in [0.2, 0.25) is 0 Å². The molecule has 0 N–H and O–H groups in total. The van der Waals surface area contributed by atoms with Crippen molar-refractivity contribution < 1.29 is 4.79 Å². The molecule has 1 aliphatic rings. The Morgan fingerprint density at radius 1 is 1.50 bits per heavy atom. The molecular formula is C13H16Cl2N2O. The van der Waals surface area contributed by atoms with Gasteiger partial charge < -0.3 is 4.90 Å². The molecular weight excluding hydrogens is 271 g/mol. The number of carbonyl (C=O) groups is 1. The number of nitrogens with zero attached hydrogens (tertiary/aromatic N) is 2. The van der Waals surface area contributed by atoms with E-state index < -0.39 is 0 Å². The summed E-state index contributed by atoms with van der Waals surface area (Å²) in [6.07, 6.45) is 3.62. The summed E-state index contributed by atoms with van der Waals surface area (Å²) >= 11 is 11.7. The van der Waals surface area contributed by atoms with Gasteiger partial charge in [-0.25, -0.2) is 4.98 Å². The monoisotopic (exact) mass is 286 g/mol. The van der Waals surface area contributed by atoms with Crippen molar-refractivity contribution in [2.24, 2.45) is 5.92 Å². The van der Waals surface area contributed by atoms with Crippen LogP contribution in [0.4, 0.5) is 0 Å². The second-order valence-electron chi connectivity index (χ2n) is 4.95. The Balaban J connectivity index is 2.22. The molecule has 1 aromatic heterocycles. The lowest BCUT2D eigenvalue weighted by Crippen LogP contribution is -2.38. The van der Waals surface area contributed by atoms with Crippen LogP contribution in [0.25, 0.3) is 0 Å². The van der Waals surface area contributed by atoms with E-state index in [4.69, 9.17) is 23.2 Å². The van der Waals surface area contributed by atoms with Crippen LogP contribution in [-0.4, -0.2) is 28.4 Å². The van der Waals surface area contributed by atoms with Crippen molar-refractivity contribution >= 4 is 29.1 Å². The number of amides is 1. The van der Waals surface area contributed by atoms with Gasteiger partial charge in [0.05, 0.1) is 10.6 Å². The average Bonchev–Trinajstić information content (AvgIpc) is 2.81. The molecule has 2 rings (SSSR count). The van der Waals surface area contributed by atoms with Gasteiger partial charge in [-0.05, 0) is 24.8 Å². The van der Waals surface area contributed by atoms with Crippen LogP contribution in [0.3, 0.4) is 0 Å². The number of likely N-dealkylation sites (tertiary alicyclic amines) is 1. The van der Waals surface area contributed by atoms with E-state index in [1.165, 1.54) is 6.20 Å². The molecule has 1 unspecified atom stereocenters. The van der Waals surface area contributed by atoms with Crippen molar-refractivity contribution in [3.05, 3.63) is 28.0 Å². The molecule has 98 valence electrons.